The molecule has 0 atom stereocenters. The first kappa shape index (κ1) is 18.5. The number of nitrogens with zero attached hydrogens (tertiary/aromatic N) is 2. The number of ether oxygens (including phenoxy) is 1. The summed E-state index contributed by atoms with van der Waals surface area (Å²) in [6.07, 6.45) is 4.99. The Kier molecular flexibility index (Phi) is 5.93. The van der Waals surface area contributed by atoms with Gasteiger partial charge >= 0.3 is 5.97 Å². The number of benzene rings is 1. The van der Waals surface area contributed by atoms with E-state index in [1.807, 2.05) is 13.0 Å². The predicted molar refractivity (Wildman–Crippen MR) is 94.2 cm³/mol. The van der Waals surface area contributed by atoms with Gasteiger partial charge < -0.3 is 4.74 Å². The molecule has 1 aliphatic heterocycles. The Balaban J connectivity index is 1.63. The first-order valence-electron chi connectivity index (χ1n) is 8.85. The smallest absolute Gasteiger partial charge is 0.309 e. The van der Waals surface area contributed by atoms with Crippen molar-refractivity contribution >= 4 is 5.97 Å². The van der Waals surface area contributed by atoms with Gasteiger partial charge in [-0.3, -0.25) is 14.7 Å². The van der Waals surface area contributed by atoms with Crippen molar-refractivity contribution in [3.8, 4) is 11.1 Å². The van der Waals surface area contributed by atoms with Crippen LogP contribution in [0.5, 0.6) is 0 Å². The summed E-state index contributed by atoms with van der Waals surface area (Å²) in [6, 6.07) is 5.79. The number of carbonyl (C=O) groups excluding carboxylic acids is 1. The van der Waals surface area contributed by atoms with Crippen LogP contribution in [0.1, 0.15) is 25.3 Å². The van der Waals surface area contributed by atoms with Gasteiger partial charge in [-0.2, -0.15) is 0 Å². The molecule has 2 aromatic rings. The Hall–Kier alpha value is -2.34. The highest BCUT2D eigenvalue weighted by molar-refractivity contribution is 5.72. The van der Waals surface area contributed by atoms with Crippen LogP contribution < -0.4 is 0 Å². The fraction of sp³-hybridized carbons (Fsp3) is 0.400. The number of hydrogen-bond acceptors (Lipinski definition) is 4. The van der Waals surface area contributed by atoms with E-state index in [9.17, 15) is 13.6 Å². The second-order valence-electron chi connectivity index (χ2n) is 6.51. The number of likely N-dealkylation sites (tertiary alicyclic amines) is 1. The summed E-state index contributed by atoms with van der Waals surface area (Å²) in [6.45, 7) is 4.58. The van der Waals surface area contributed by atoms with Crippen molar-refractivity contribution in [1.82, 2.24) is 9.88 Å². The Morgan fingerprint density at radius 3 is 2.62 bits per heavy atom. The molecule has 3 rings (SSSR count). The van der Waals surface area contributed by atoms with Gasteiger partial charge in [0.1, 0.15) is 0 Å². The zero-order chi connectivity index (χ0) is 18.5. The van der Waals surface area contributed by atoms with E-state index in [0.717, 1.165) is 43.1 Å². The topological polar surface area (TPSA) is 42.4 Å². The molecular formula is C20H22F2N2O2. The normalized spacial score (nSPS) is 15.8. The van der Waals surface area contributed by atoms with E-state index >= 15 is 0 Å². The molecule has 0 aliphatic carbocycles. The Bertz CT molecular complexity index is 774. The van der Waals surface area contributed by atoms with Crippen LogP contribution in [0.15, 0.2) is 36.7 Å². The van der Waals surface area contributed by atoms with Crippen molar-refractivity contribution in [3.63, 3.8) is 0 Å². The molecule has 0 bridgehead atoms. The molecule has 1 aromatic carbocycles. The lowest BCUT2D eigenvalue weighted by molar-refractivity contribution is -0.149. The highest BCUT2D eigenvalue weighted by Crippen LogP contribution is 2.24. The third kappa shape index (κ3) is 4.43. The molecule has 26 heavy (non-hydrogen) atoms. The summed E-state index contributed by atoms with van der Waals surface area (Å²) in [4.78, 5) is 18.3. The van der Waals surface area contributed by atoms with Gasteiger partial charge in [-0.05, 0) is 62.2 Å². The number of pyridine rings is 1. The minimum absolute atomic E-state index is 0.0159. The molecule has 6 heteroatoms. The lowest BCUT2D eigenvalue weighted by atomic mass is 9.96. The average molecular weight is 360 g/mol. The fourth-order valence-electron chi connectivity index (χ4n) is 3.25. The summed E-state index contributed by atoms with van der Waals surface area (Å²) < 4.78 is 31.7. The van der Waals surface area contributed by atoms with Gasteiger partial charge in [0, 0.05) is 24.5 Å². The molecule has 0 spiro atoms. The zero-order valence-corrected chi connectivity index (χ0v) is 14.8. The van der Waals surface area contributed by atoms with E-state index in [0.29, 0.717) is 18.7 Å². The van der Waals surface area contributed by atoms with Crippen LogP contribution in [0.3, 0.4) is 0 Å². The van der Waals surface area contributed by atoms with Crippen LogP contribution in [-0.2, 0) is 16.1 Å². The lowest BCUT2D eigenvalue weighted by Crippen LogP contribution is -2.36. The maximum Gasteiger partial charge on any atom is 0.309 e. The molecule has 2 heterocycles. The van der Waals surface area contributed by atoms with Crippen molar-refractivity contribution in [2.75, 3.05) is 19.7 Å². The minimum atomic E-state index is -0.867. The number of esters is 1. The Labute approximate surface area is 151 Å². The van der Waals surface area contributed by atoms with Gasteiger partial charge in [-0.15, -0.1) is 0 Å². The highest BCUT2D eigenvalue weighted by atomic mass is 19.2. The number of piperidine rings is 1. The summed E-state index contributed by atoms with van der Waals surface area (Å²) >= 11 is 0. The first-order valence-corrected chi connectivity index (χ1v) is 8.85. The third-order valence-corrected chi connectivity index (χ3v) is 4.66. The van der Waals surface area contributed by atoms with Crippen molar-refractivity contribution < 1.29 is 18.3 Å². The molecule has 0 unspecified atom stereocenters. The van der Waals surface area contributed by atoms with Crippen LogP contribution in [0.4, 0.5) is 8.78 Å². The molecule has 4 nitrogen and oxygen atoms in total. The van der Waals surface area contributed by atoms with Crippen LogP contribution in [-0.4, -0.2) is 35.5 Å². The summed E-state index contributed by atoms with van der Waals surface area (Å²) in [5.41, 5.74) is 2.35. The quantitative estimate of drug-likeness (QED) is 0.761. The summed E-state index contributed by atoms with van der Waals surface area (Å²) in [5, 5.41) is 0. The van der Waals surface area contributed by atoms with Crippen LogP contribution in [0, 0.1) is 17.6 Å². The van der Waals surface area contributed by atoms with Gasteiger partial charge in [0.2, 0.25) is 0 Å². The average Bonchev–Trinajstić information content (AvgIpc) is 2.65. The van der Waals surface area contributed by atoms with Crippen molar-refractivity contribution in [2.24, 2.45) is 5.92 Å². The lowest BCUT2D eigenvalue weighted by Gasteiger charge is -2.30. The number of halogens is 2. The van der Waals surface area contributed by atoms with E-state index in [1.54, 1.807) is 18.5 Å². The maximum absolute atomic E-state index is 13.5. The maximum atomic E-state index is 13.5. The van der Waals surface area contributed by atoms with E-state index in [-0.39, 0.29) is 11.9 Å². The van der Waals surface area contributed by atoms with Gasteiger partial charge in [0.15, 0.2) is 11.6 Å². The fourth-order valence-corrected chi connectivity index (χ4v) is 3.25. The molecule has 1 fully saturated rings. The van der Waals surface area contributed by atoms with Crippen LogP contribution in [0.25, 0.3) is 11.1 Å². The zero-order valence-electron chi connectivity index (χ0n) is 14.8. The van der Waals surface area contributed by atoms with Crippen LogP contribution in [0.2, 0.25) is 0 Å². The molecule has 138 valence electrons. The summed E-state index contributed by atoms with van der Waals surface area (Å²) in [5.74, 6) is -1.84. The van der Waals surface area contributed by atoms with Crippen molar-refractivity contribution in [3.05, 3.63) is 53.9 Å². The molecular weight excluding hydrogens is 338 g/mol. The predicted octanol–water partition coefficient (Wildman–Crippen LogP) is 3.80. The van der Waals surface area contributed by atoms with E-state index in [4.69, 9.17) is 4.74 Å². The van der Waals surface area contributed by atoms with Crippen LogP contribution >= 0.6 is 0 Å². The summed E-state index contributed by atoms with van der Waals surface area (Å²) in [7, 11) is 0. The Morgan fingerprint density at radius 2 is 1.92 bits per heavy atom. The number of rotatable bonds is 5. The largest absolute Gasteiger partial charge is 0.466 e. The van der Waals surface area contributed by atoms with E-state index in [2.05, 4.69) is 9.88 Å². The van der Waals surface area contributed by atoms with Gasteiger partial charge in [-0.25, -0.2) is 8.78 Å². The number of aromatic nitrogens is 1. The molecule has 0 amide bonds. The third-order valence-electron chi connectivity index (χ3n) is 4.66. The second-order valence-corrected chi connectivity index (χ2v) is 6.51. The van der Waals surface area contributed by atoms with E-state index < -0.39 is 11.6 Å². The van der Waals surface area contributed by atoms with Crippen molar-refractivity contribution in [2.45, 2.75) is 26.3 Å². The monoisotopic (exact) mass is 360 g/mol. The first-order chi connectivity index (χ1) is 12.6. The van der Waals surface area contributed by atoms with Gasteiger partial charge in [0.25, 0.3) is 0 Å². The Morgan fingerprint density at radius 1 is 1.15 bits per heavy atom. The number of carbonyl (C=O) groups is 1. The standard InChI is InChI=1S/C20H22F2N2O2/c1-2-26-20(25)15-5-7-24(8-6-15)13-14-9-17(12-23-11-14)16-3-4-18(21)19(22)10-16/h3-4,9-12,15H,2,5-8,13H2,1H3. The molecule has 1 saturated heterocycles. The van der Waals surface area contributed by atoms with Crippen molar-refractivity contribution in [1.29, 1.82) is 0 Å². The number of hydrogen-bond donors (Lipinski definition) is 0. The SMILES string of the molecule is CCOC(=O)C1CCN(Cc2cncc(-c3ccc(F)c(F)c3)c2)CC1. The van der Waals surface area contributed by atoms with Gasteiger partial charge in [-0.1, -0.05) is 6.07 Å². The van der Waals surface area contributed by atoms with E-state index in [1.165, 1.54) is 6.07 Å². The highest BCUT2D eigenvalue weighted by Gasteiger charge is 2.25. The minimum Gasteiger partial charge on any atom is -0.466 e. The van der Waals surface area contributed by atoms with Gasteiger partial charge in [0.05, 0.1) is 12.5 Å². The second kappa shape index (κ2) is 8.36. The molecule has 0 N–H and O–H groups in total. The molecule has 0 radical (unpaired) electrons. The molecule has 1 aliphatic rings. The molecule has 0 saturated carbocycles. The molecule has 1 aromatic heterocycles.